The Bertz CT molecular complexity index is 1200. The summed E-state index contributed by atoms with van der Waals surface area (Å²) in [5.41, 5.74) is 13.8. The van der Waals surface area contributed by atoms with Crippen molar-refractivity contribution in [1.82, 2.24) is 4.57 Å². The van der Waals surface area contributed by atoms with Gasteiger partial charge in [-0.1, -0.05) is 48.9 Å². The molecular formula is C24H25N3O3. The van der Waals surface area contributed by atoms with Crippen LogP contribution in [0.5, 0.6) is 0 Å². The Morgan fingerprint density at radius 3 is 2.33 bits per heavy atom. The molecule has 6 heteroatoms. The Labute approximate surface area is 174 Å². The molecule has 0 bridgehead atoms. The highest BCUT2D eigenvalue weighted by Gasteiger charge is 2.32. The molecule has 1 aliphatic rings. The van der Waals surface area contributed by atoms with Crippen LogP contribution < -0.4 is 17.0 Å². The molecular weight excluding hydrogens is 378 g/mol. The lowest BCUT2D eigenvalue weighted by molar-refractivity contribution is -0.120. The number of ketones is 2. The topological polar surface area (TPSA) is 108 Å². The molecule has 1 heterocycles. The Morgan fingerprint density at radius 1 is 0.933 bits per heavy atom. The molecule has 0 spiro atoms. The molecule has 4 N–H and O–H groups in total. The summed E-state index contributed by atoms with van der Waals surface area (Å²) in [5.74, 6) is -0.172. The first kappa shape index (κ1) is 20.2. The van der Waals surface area contributed by atoms with Crippen molar-refractivity contribution in [2.45, 2.75) is 38.3 Å². The van der Waals surface area contributed by atoms with E-state index in [1.165, 1.54) is 0 Å². The number of hydrogen-bond acceptors (Lipinski definition) is 5. The number of fused-ring (bicyclic) bond motifs is 5. The first-order chi connectivity index (χ1) is 14.5. The third-order valence-electron chi connectivity index (χ3n) is 5.80. The van der Waals surface area contributed by atoms with Gasteiger partial charge in [0.2, 0.25) is 0 Å². The van der Waals surface area contributed by atoms with Crippen LogP contribution in [0.2, 0.25) is 0 Å². The monoisotopic (exact) mass is 403 g/mol. The minimum absolute atomic E-state index is 0.0848. The third kappa shape index (κ3) is 3.38. The quantitative estimate of drug-likeness (QED) is 0.440. The fourth-order valence-corrected chi connectivity index (χ4v) is 4.22. The smallest absolute Gasteiger partial charge is 0.258 e. The number of aromatic nitrogens is 1. The van der Waals surface area contributed by atoms with E-state index in [1.807, 2.05) is 30.3 Å². The van der Waals surface area contributed by atoms with Gasteiger partial charge in [-0.25, -0.2) is 0 Å². The lowest BCUT2D eigenvalue weighted by atomic mass is 10.0. The molecule has 6 nitrogen and oxygen atoms in total. The van der Waals surface area contributed by atoms with Gasteiger partial charge >= 0.3 is 0 Å². The normalized spacial score (nSPS) is 13.3. The Hall–Kier alpha value is -3.09. The van der Waals surface area contributed by atoms with Crippen LogP contribution in [0.15, 0.2) is 53.3 Å². The van der Waals surface area contributed by atoms with E-state index < -0.39 is 6.04 Å². The summed E-state index contributed by atoms with van der Waals surface area (Å²) >= 11 is 0. The first-order valence-corrected chi connectivity index (χ1v) is 10.3. The van der Waals surface area contributed by atoms with Gasteiger partial charge in [0.25, 0.3) is 5.56 Å². The second-order valence-corrected chi connectivity index (χ2v) is 7.71. The Morgan fingerprint density at radius 2 is 1.60 bits per heavy atom. The zero-order chi connectivity index (χ0) is 21.3. The minimum atomic E-state index is -0.560. The van der Waals surface area contributed by atoms with Crippen LogP contribution in [-0.4, -0.2) is 28.7 Å². The molecule has 154 valence electrons. The van der Waals surface area contributed by atoms with E-state index >= 15 is 0 Å². The molecule has 0 unspecified atom stereocenters. The van der Waals surface area contributed by atoms with E-state index in [4.69, 9.17) is 11.5 Å². The van der Waals surface area contributed by atoms with E-state index in [9.17, 15) is 14.4 Å². The van der Waals surface area contributed by atoms with Crippen molar-refractivity contribution in [2.24, 2.45) is 11.5 Å². The van der Waals surface area contributed by atoms with Gasteiger partial charge in [-0.3, -0.25) is 14.4 Å². The maximum Gasteiger partial charge on any atom is 0.258 e. The molecule has 1 aromatic heterocycles. The average Bonchev–Trinajstić information content (AvgIpc) is 3.06. The highest BCUT2D eigenvalue weighted by atomic mass is 16.1. The zero-order valence-electron chi connectivity index (χ0n) is 16.8. The molecule has 30 heavy (non-hydrogen) atoms. The Kier molecular flexibility index (Phi) is 5.61. The number of unbranched alkanes of at least 4 members (excludes halogenated alkanes) is 1. The lowest BCUT2D eigenvalue weighted by Gasteiger charge is -2.16. The first-order valence-electron chi connectivity index (χ1n) is 10.3. The predicted molar refractivity (Wildman–Crippen MR) is 118 cm³/mol. The van der Waals surface area contributed by atoms with E-state index in [0.717, 1.165) is 18.4 Å². The van der Waals surface area contributed by atoms with Crippen molar-refractivity contribution in [2.75, 3.05) is 6.54 Å². The summed E-state index contributed by atoms with van der Waals surface area (Å²) in [6, 6.07) is 13.9. The number of pyridine rings is 1. The Balaban J connectivity index is 1.75. The standard InChI is InChI=1S/C24H25N3O3/c25-13-6-5-11-19(26)20(28)12-14-27-22-16-8-2-3-9-17(16)23(29)21(22)15-7-1-4-10-18(15)24(27)30/h1-4,7-10,19H,5-6,11-14,25-26H2/t19-/m0/s1. The van der Waals surface area contributed by atoms with Gasteiger partial charge in [0, 0.05) is 34.9 Å². The van der Waals surface area contributed by atoms with Crippen LogP contribution in [0.3, 0.4) is 0 Å². The molecule has 0 saturated carbocycles. The van der Waals surface area contributed by atoms with Gasteiger partial charge in [-0.05, 0) is 25.5 Å². The van der Waals surface area contributed by atoms with Crippen LogP contribution in [-0.2, 0) is 11.3 Å². The molecule has 0 fully saturated rings. The molecule has 0 saturated heterocycles. The zero-order valence-corrected chi connectivity index (χ0v) is 16.8. The van der Waals surface area contributed by atoms with Gasteiger partial charge in [0.15, 0.2) is 11.6 Å². The number of carbonyl (C=O) groups excluding carboxylic acids is 2. The number of nitrogens with zero attached hydrogens (tertiary/aromatic N) is 1. The number of nitrogens with two attached hydrogens (primary N) is 2. The minimum Gasteiger partial charge on any atom is -0.330 e. The SMILES string of the molecule is NCCCC[C@H](N)C(=O)CCn1c2c(c3ccccc3c1=O)C(=O)c1ccccc1-2. The number of carbonyl (C=O) groups is 2. The van der Waals surface area contributed by atoms with Crippen LogP contribution in [0.25, 0.3) is 22.0 Å². The van der Waals surface area contributed by atoms with Crippen LogP contribution in [0.1, 0.15) is 41.6 Å². The van der Waals surface area contributed by atoms with Gasteiger partial charge in [0.1, 0.15) is 0 Å². The van der Waals surface area contributed by atoms with Crippen LogP contribution in [0, 0.1) is 0 Å². The van der Waals surface area contributed by atoms with Gasteiger partial charge in [-0.15, -0.1) is 0 Å². The molecule has 2 aromatic carbocycles. The molecule has 1 aliphatic carbocycles. The molecule has 3 aromatic rings. The number of hydrogen-bond donors (Lipinski definition) is 2. The summed E-state index contributed by atoms with van der Waals surface area (Å²) in [6.07, 6.45) is 2.36. The highest BCUT2D eigenvalue weighted by Crippen LogP contribution is 2.39. The van der Waals surface area contributed by atoms with E-state index in [0.29, 0.717) is 40.6 Å². The van der Waals surface area contributed by atoms with Crippen LogP contribution in [0.4, 0.5) is 0 Å². The molecule has 1 atom stereocenters. The van der Waals surface area contributed by atoms with E-state index in [2.05, 4.69) is 0 Å². The lowest BCUT2D eigenvalue weighted by Crippen LogP contribution is -2.32. The highest BCUT2D eigenvalue weighted by molar-refractivity contribution is 6.26. The van der Waals surface area contributed by atoms with E-state index in [1.54, 1.807) is 22.8 Å². The van der Waals surface area contributed by atoms with Crippen molar-refractivity contribution in [3.8, 4) is 11.3 Å². The largest absolute Gasteiger partial charge is 0.330 e. The van der Waals surface area contributed by atoms with Gasteiger partial charge in [-0.2, -0.15) is 0 Å². The maximum absolute atomic E-state index is 13.3. The van der Waals surface area contributed by atoms with Gasteiger partial charge in [0.05, 0.1) is 17.3 Å². The van der Waals surface area contributed by atoms with Crippen molar-refractivity contribution < 1.29 is 9.59 Å². The van der Waals surface area contributed by atoms with Gasteiger partial charge < -0.3 is 16.0 Å². The average molecular weight is 403 g/mol. The van der Waals surface area contributed by atoms with Crippen molar-refractivity contribution in [1.29, 1.82) is 0 Å². The summed E-state index contributed by atoms with van der Waals surface area (Å²) in [4.78, 5) is 39.0. The second kappa shape index (κ2) is 8.34. The second-order valence-electron chi connectivity index (χ2n) is 7.71. The summed E-state index contributed by atoms with van der Waals surface area (Å²) in [7, 11) is 0. The predicted octanol–water partition coefficient (Wildman–Crippen LogP) is 2.63. The molecule has 0 aliphatic heterocycles. The van der Waals surface area contributed by atoms with Crippen molar-refractivity contribution in [3.63, 3.8) is 0 Å². The van der Waals surface area contributed by atoms with Crippen molar-refractivity contribution >= 4 is 22.3 Å². The van der Waals surface area contributed by atoms with Crippen molar-refractivity contribution in [3.05, 3.63) is 70.0 Å². The summed E-state index contributed by atoms with van der Waals surface area (Å²) < 4.78 is 1.58. The van der Waals surface area contributed by atoms with E-state index in [-0.39, 0.29) is 30.1 Å². The summed E-state index contributed by atoms with van der Waals surface area (Å²) in [5, 5.41) is 1.14. The molecule has 0 amide bonds. The number of rotatable bonds is 8. The molecule has 4 rings (SSSR count). The fraction of sp³-hybridized carbons (Fsp3) is 0.292. The van der Waals surface area contributed by atoms with Crippen LogP contribution >= 0.6 is 0 Å². The molecule has 0 radical (unpaired) electrons. The maximum atomic E-state index is 13.3. The fourth-order valence-electron chi connectivity index (χ4n) is 4.22. The third-order valence-corrected chi connectivity index (χ3v) is 5.80. The number of benzene rings is 2. The summed E-state index contributed by atoms with van der Waals surface area (Å²) in [6.45, 7) is 0.768. The number of Topliss-reactive ketones (excluding diaryl/α,β-unsaturated/α-hetero) is 1.